The lowest BCUT2D eigenvalue weighted by atomic mass is 10.00. The third-order valence-electron chi connectivity index (χ3n) is 3.21. The van der Waals surface area contributed by atoms with E-state index in [-0.39, 0.29) is 17.0 Å². The molecule has 0 aliphatic carbocycles. The molecular formula is C16H12ClFN2O. The molecule has 3 nitrogen and oxygen atoms in total. The van der Waals surface area contributed by atoms with E-state index >= 15 is 0 Å². The van der Waals surface area contributed by atoms with Crippen molar-refractivity contribution in [2.45, 2.75) is 0 Å². The van der Waals surface area contributed by atoms with Crippen LogP contribution in [0, 0.1) is 5.82 Å². The molecule has 106 valence electrons. The predicted octanol–water partition coefficient (Wildman–Crippen LogP) is 3.29. The van der Waals surface area contributed by atoms with Crippen molar-refractivity contribution in [3.63, 3.8) is 0 Å². The predicted molar refractivity (Wildman–Crippen MR) is 81.8 cm³/mol. The Bertz CT molecular complexity index is 851. The second kappa shape index (κ2) is 5.30. The highest BCUT2D eigenvalue weighted by atomic mass is 35.5. The summed E-state index contributed by atoms with van der Waals surface area (Å²) in [4.78, 5) is 17.2. The molecule has 1 aliphatic heterocycles. The third-order valence-corrected chi connectivity index (χ3v) is 3.44. The van der Waals surface area contributed by atoms with Crippen molar-refractivity contribution in [1.29, 1.82) is 0 Å². The Hall–Kier alpha value is -2.20. The fraction of sp³-hybridized carbons (Fsp3) is 0.125. The number of benzodiazepines with no additional fused rings is 1. The van der Waals surface area contributed by atoms with Crippen LogP contribution in [0.5, 0.6) is 0 Å². The zero-order chi connectivity index (χ0) is 17.5. The first-order valence-electron chi connectivity index (χ1n) is 7.71. The van der Waals surface area contributed by atoms with Gasteiger partial charge in [0.25, 0.3) is 0 Å². The van der Waals surface area contributed by atoms with Crippen LogP contribution in [0.4, 0.5) is 10.1 Å². The third kappa shape index (κ3) is 2.43. The van der Waals surface area contributed by atoms with Crippen molar-refractivity contribution in [1.82, 2.24) is 0 Å². The summed E-state index contributed by atoms with van der Waals surface area (Å²) < 4.78 is 37.1. The van der Waals surface area contributed by atoms with Gasteiger partial charge in [0.05, 0.1) is 11.4 Å². The number of rotatable bonds is 1. The van der Waals surface area contributed by atoms with E-state index in [0.717, 1.165) is 0 Å². The summed E-state index contributed by atoms with van der Waals surface area (Å²) in [5, 5.41) is 0.331. The van der Waals surface area contributed by atoms with Crippen molar-refractivity contribution in [3.8, 4) is 0 Å². The molecule has 0 fully saturated rings. The zero-order valence-electron chi connectivity index (χ0n) is 13.8. The average Bonchev–Trinajstić information content (AvgIpc) is 2.63. The highest BCUT2D eigenvalue weighted by Crippen LogP contribution is 2.29. The molecule has 3 rings (SSSR count). The fourth-order valence-electron chi connectivity index (χ4n) is 2.21. The molecule has 0 aromatic heterocycles. The van der Waals surface area contributed by atoms with Crippen LogP contribution in [0.3, 0.4) is 0 Å². The first-order valence-corrected chi connectivity index (χ1v) is 6.59. The van der Waals surface area contributed by atoms with E-state index < -0.39 is 25.2 Å². The summed E-state index contributed by atoms with van der Waals surface area (Å²) in [6.45, 7) is -3.08. The van der Waals surface area contributed by atoms with E-state index in [9.17, 15) is 9.18 Å². The highest BCUT2D eigenvalue weighted by Gasteiger charge is 2.23. The van der Waals surface area contributed by atoms with Crippen molar-refractivity contribution in [3.05, 3.63) is 64.4 Å². The Labute approximate surface area is 130 Å². The Morgan fingerprint density at radius 1 is 1.29 bits per heavy atom. The molecule has 0 N–H and O–H groups in total. The largest absolute Gasteiger partial charge is 0.313 e. The molecule has 0 saturated heterocycles. The molecule has 0 radical (unpaired) electrons. The molecule has 0 bridgehead atoms. The SMILES string of the molecule is [2H]C([2H])([2H])N1C(=O)CN=C(c2ccccc2F)c2cc(Cl)ccc21. The van der Waals surface area contributed by atoms with E-state index in [2.05, 4.69) is 4.99 Å². The van der Waals surface area contributed by atoms with Crippen LogP contribution in [-0.4, -0.2) is 25.1 Å². The summed E-state index contributed by atoms with van der Waals surface area (Å²) in [7, 11) is 0. The van der Waals surface area contributed by atoms with Gasteiger partial charge in [-0.2, -0.15) is 0 Å². The van der Waals surface area contributed by atoms with E-state index in [1.54, 1.807) is 6.07 Å². The number of nitrogens with zero attached hydrogens (tertiary/aromatic N) is 2. The summed E-state index contributed by atoms with van der Waals surface area (Å²) in [5.41, 5.74) is 0.811. The second-order valence-electron chi connectivity index (χ2n) is 4.54. The Morgan fingerprint density at radius 3 is 2.86 bits per heavy atom. The lowest BCUT2D eigenvalue weighted by molar-refractivity contribution is -0.116. The van der Waals surface area contributed by atoms with E-state index in [0.29, 0.717) is 15.5 Å². The number of benzene rings is 2. The number of aliphatic imine (C=N–C) groups is 1. The first kappa shape index (κ1) is 10.5. The minimum atomic E-state index is -2.68. The van der Waals surface area contributed by atoms with Gasteiger partial charge in [0.15, 0.2) is 0 Å². The summed E-state index contributed by atoms with van der Waals surface area (Å²) >= 11 is 6.03. The van der Waals surface area contributed by atoms with Gasteiger partial charge >= 0.3 is 0 Å². The smallest absolute Gasteiger partial charge is 0.248 e. The van der Waals surface area contributed by atoms with Crippen LogP contribution in [0.2, 0.25) is 5.02 Å². The van der Waals surface area contributed by atoms with Gasteiger partial charge in [0, 0.05) is 27.2 Å². The topological polar surface area (TPSA) is 32.7 Å². The van der Waals surface area contributed by atoms with Gasteiger partial charge in [-0.15, -0.1) is 0 Å². The standard InChI is InChI=1S/C16H12ClFN2O/c1-20-14-7-6-10(17)8-12(14)16(19-9-15(20)21)11-4-2-3-5-13(11)18/h2-8H,9H2,1H3/i1D3. The van der Waals surface area contributed by atoms with Gasteiger partial charge < -0.3 is 4.90 Å². The summed E-state index contributed by atoms with van der Waals surface area (Å²) in [6, 6.07) is 10.4. The van der Waals surface area contributed by atoms with Crippen molar-refractivity contribution >= 4 is 28.9 Å². The minimum absolute atomic E-state index is 0.129. The number of anilines is 1. The van der Waals surface area contributed by atoms with Crippen molar-refractivity contribution < 1.29 is 13.3 Å². The number of likely N-dealkylation sites (N-methyl/N-ethyl adjacent to an activating group) is 1. The van der Waals surface area contributed by atoms with Crippen LogP contribution in [0.25, 0.3) is 0 Å². The molecule has 1 amide bonds. The number of halogens is 2. The van der Waals surface area contributed by atoms with Gasteiger partial charge in [-0.1, -0.05) is 23.7 Å². The number of carbonyl (C=O) groups is 1. The molecule has 2 aromatic rings. The molecule has 1 heterocycles. The van der Waals surface area contributed by atoms with E-state index in [1.807, 2.05) is 0 Å². The zero-order valence-corrected chi connectivity index (χ0v) is 11.6. The van der Waals surface area contributed by atoms with Crippen LogP contribution < -0.4 is 4.90 Å². The Balaban J connectivity index is 2.28. The maximum absolute atomic E-state index is 14.2. The molecule has 0 spiro atoms. The molecule has 0 saturated carbocycles. The quantitative estimate of drug-likeness (QED) is 0.795. The summed E-state index contributed by atoms with van der Waals surface area (Å²) in [5.74, 6) is -1.21. The van der Waals surface area contributed by atoms with Gasteiger partial charge in [-0.05, 0) is 30.3 Å². The number of carbonyl (C=O) groups excluding carboxylic acids is 1. The number of hydrogen-bond acceptors (Lipinski definition) is 2. The number of hydrogen-bond donors (Lipinski definition) is 0. The molecule has 1 aliphatic rings. The van der Waals surface area contributed by atoms with Crippen LogP contribution >= 0.6 is 11.6 Å². The average molecular weight is 306 g/mol. The van der Waals surface area contributed by atoms with Crippen LogP contribution in [0.15, 0.2) is 47.5 Å². The minimum Gasteiger partial charge on any atom is -0.313 e. The maximum atomic E-state index is 14.2. The number of amides is 1. The lowest BCUT2D eigenvalue weighted by Crippen LogP contribution is -2.27. The van der Waals surface area contributed by atoms with E-state index in [1.165, 1.54) is 36.4 Å². The number of fused-ring (bicyclic) bond motifs is 1. The molecule has 21 heavy (non-hydrogen) atoms. The van der Waals surface area contributed by atoms with Gasteiger partial charge in [-0.3, -0.25) is 9.79 Å². The fourth-order valence-corrected chi connectivity index (χ4v) is 2.39. The highest BCUT2D eigenvalue weighted by molar-refractivity contribution is 6.32. The van der Waals surface area contributed by atoms with Gasteiger partial charge in [0.1, 0.15) is 12.4 Å². The molecule has 0 unspecified atom stereocenters. The summed E-state index contributed by atoms with van der Waals surface area (Å²) in [6.07, 6.45) is 0. The van der Waals surface area contributed by atoms with Crippen molar-refractivity contribution in [2.24, 2.45) is 4.99 Å². The molecule has 5 heteroatoms. The second-order valence-corrected chi connectivity index (χ2v) is 4.97. The lowest BCUT2D eigenvalue weighted by Gasteiger charge is -2.18. The maximum Gasteiger partial charge on any atom is 0.248 e. The molecular weight excluding hydrogens is 291 g/mol. The molecule has 2 aromatic carbocycles. The van der Waals surface area contributed by atoms with Gasteiger partial charge in [0.2, 0.25) is 5.91 Å². The Kier molecular flexibility index (Phi) is 2.65. The Morgan fingerprint density at radius 2 is 2.10 bits per heavy atom. The van der Waals surface area contributed by atoms with E-state index in [4.69, 9.17) is 15.7 Å². The van der Waals surface area contributed by atoms with Crippen LogP contribution in [0.1, 0.15) is 15.2 Å². The van der Waals surface area contributed by atoms with Crippen molar-refractivity contribution in [2.75, 3.05) is 18.4 Å². The monoisotopic (exact) mass is 305 g/mol. The normalized spacial score (nSPS) is 17.2. The first-order chi connectivity index (χ1) is 11.3. The molecule has 0 atom stereocenters. The van der Waals surface area contributed by atoms with Crippen LogP contribution in [-0.2, 0) is 4.79 Å². The van der Waals surface area contributed by atoms with Gasteiger partial charge in [-0.25, -0.2) is 4.39 Å².